The van der Waals surface area contributed by atoms with Crippen LogP contribution in [0.25, 0.3) is 0 Å². The Morgan fingerprint density at radius 3 is 2.52 bits per heavy atom. The zero-order valence-corrected chi connectivity index (χ0v) is 12.7. The SMILES string of the molecule is O=[N+]([O-])c1ccc(N2CCN(c3nccs3)CC2)c(Cl)c1. The molecule has 110 valence electrons. The number of non-ortho nitro benzene ring substituents is 1. The summed E-state index contributed by atoms with van der Waals surface area (Å²) in [5, 5.41) is 14.2. The predicted octanol–water partition coefficient (Wildman–Crippen LogP) is 3.03. The number of rotatable bonds is 3. The molecular formula is C13H13ClN4O2S. The number of nitro benzene ring substituents is 1. The second-order valence-corrected chi connectivity index (χ2v) is 5.96. The average molecular weight is 325 g/mol. The molecule has 1 aliphatic heterocycles. The van der Waals surface area contributed by atoms with Crippen molar-refractivity contribution in [2.45, 2.75) is 0 Å². The fraction of sp³-hybridized carbons (Fsp3) is 0.308. The molecule has 0 bridgehead atoms. The summed E-state index contributed by atoms with van der Waals surface area (Å²) in [7, 11) is 0. The molecule has 0 N–H and O–H groups in total. The molecule has 0 aliphatic carbocycles. The summed E-state index contributed by atoms with van der Waals surface area (Å²) < 4.78 is 0. The van der Waals surface area contributed by atoms with E-state index in [0.29, 0.717) is 5.02 Å². The van der Waals surface area contributed by atoms with Gasteiger partial charge in [0.25, 0.3) is 5.69 Å². The van der Waals surface area contributed by atoms with Crippen molar-refractivity contribution in [2.75, 3.05) is 36.0 Å². The molecule has 1 aromatic carbocycles. The van der Waals surface area contributed by atoms with Crippen molar-refractivity contribution in [1.29, 1.82) is 0 Å². The van der Waals surface area contributed by atoms with Gasteiger partial charge in [-0.15, -0.1) is 11.3 Å². The Morgan fingerprint density at radius 2 is 1.95 bits per heavy atom. The fourth-order valence-corrected chi connectivity index (χ4v) is 3.37. The van der Waals surface area contributed by atoms with Gasteiger partial charge in [0.1, 0.15) is 0 Å². The lowest BCUT2D eigenvalue weighted by molar-refractivity contribution is -0.384. The minimum absolute atomic E-state index is 0.0187. The Hall–Kier alpha value is -1.86. The van der Waals surface area contributed by atoms with E-state index < -0.39 is 4.92 Å². The van der Waals surface area contributed by atoms with Crippen molar-refractivity contribution in [3.8, 4) is 0 Å². The maximum Gasteiger partial charge on any atom is 0.271 e. The lowest BCUT2D eigenvalue weighted by Gasteiger charge is -2.36. The minimum atomic E-state index is -0.434. The summed E-state index contributed by atoms with van der Waals surface area (Å²) in [6.07, 6.45) is 1.81. The molecule has 1 saturated heterocycles. The topological polar surface area (TPSA) is 62.5 Å². The van der Waals surface area contributed by atoms with Gasteiger partial charge < -0.3 is 9.80 Å². The van der Waals surface area contributed by atoms with Crippen LogP contribution in [0.4, 0.5) is 16.5 Å². The predicted molar refractivity (Wildman–Crippen MR) is 84.6 cm³/mol. The smallest absolute Gasteiger partial charge is 0.271 e. The van der Waals surface area contributed by atoms with E-state index in [-0.39, 0.29) is 5.69 Å². The highest BCUT2D eigenvalue weighted by Gasteiger charge is 2.21. The van der Waals surface area contributed by atoms with Gasteiger partial charge in [-0.25, -0.2) is 4.98 Å². The Balaban J connectivity index is 1.71. The van der Waals surface area contributed by atoms with Crippen molar-refractivity contribution >= 4 is 39.4 Å². The van der Waals surface area contributed by atoms with Gasteiger partial charge in [-0.2, -0.15) is 0 Å². The normalized spacial score (nSPS) is 15.3. The highest BCUT2D eigenvalue weighted by atomic mass is 35.5. The van der Waals surface area contributed by atoms with Gasteiger partial charge in [0, 0.05) is 49.9 Å². The van der Waals surface area contributed by atoms with E-state index in [0.717, 1.165) is 37.0 Å². The molecule has 8 heteroatoms. The molecule has 0 radical (unpaired) electrons. The summed E-state index contributed by atoms with van der Waals surface area (Å²) in [5.74, 6) is 0. The first kappa shape index (κ1) is 14.1. The monoisotopic (exact) mass is 324 g/mol. The molecule has 21 heavy (non-hydrogen) atoms. The first-order chi connectivity index (χ1) is 10.1. The third kappa shape index (κ3) is 2.93. The number of halogens is 1. The molecule has 2 heterocycles. The van der Waals surface area contributed by atoms with Crippen LogP contribution in [0.15, 0.2) is 29.8 Å². The molecule has 1 fully saturated rings. The Labute approximate surface area is 130 Å². The van der Waals surface area contributed by atoms with Crippen LogP contribution < -0.4 is 9.80 Å². The van der Waals surface area contributed by atoms with E-state index in [4.69, 9.17) is 11.6 Å². The van der Waals surface area contributed by atoms with Gasteiger partial charge in [-0.1, -0.05) is 11.6 Å². The summed E-state index contributed by atoms with van der Waals surface area (Å²) in [5.41, 5.74) is 0.867. The van der Waals surface area contributed by atoms with E-state index in [1.165, 1.54) is 12.1 Å². The maximum atomic E-state index is 10.7. The molecule has 2 aromatic rings. The highest BCUT2D eigenvalue weighted by Crippen LogP contribution is 2.31. The third-order valence-electron chi connectivity index (χ3n) is 3.45. The lowest BCUT2D eigenvalue weighted by atomic mass is 10.2. The highest BCUT2D eigenvalue weighted by molar-refractivity contribution is 7.13. The van der Waals surface area contributed by atoms with Gasteiger partial charge >= 0.3 is 0 Å². The zero-order valence-electron chi connectivity index (χ0n) is 11.1. The number of nitrogens with zero attached hydrogens (tertiary/aromatic N) is 4. The van der Waals surface area contributed by atoms with Crippen LogP contribution in [0.3, 0.4) is 0 Å². The lowest BCUT2D eigenvalue weighted by Crippen LogP contribution is -2.46. The van der Waals surface area contributed by atoms with E-state index in [1.807, 2.05) is 5.38 Å². The quantitative estimate of drug-likeness (QED) is 0.641. The maximum absolute atomic E-state index is 10.7. The van der Waals surface area contributed by atoms with Crippen molar-refractivity contribution in [3.63, 3.8) is 0 Å². The van der Waals surface area contributed by atoms with Crippen molar-refractivity contribution in [2.24, 2.45) is 0 Å². The number of nitro groups is 1. The number of hydrogen-bond acceptors (Lipinski definition) is 6. The Morgan fingerprint density at radius 1 is 1.24 bits per heavy atom. The van der Waals surface area contributed by atoms with Crippen molar-refractivity contribution in [1.82, 2.24) is 4.98 Å². The van der Waals surface area contributed by atoms with E-state index >= 15 is 0 Å². The number of aromatic nitrogens is 1. The summed E-state index contributed by atoms with van der Waals surface area (Å²) in [4.78, 5) is 19.0. The van der Waals surface area contributed by atoms with Gasteiger partial charge in [0.05, 0.1) is 15.6 Å². The van der Waals surface area contributed by atoms with Crippen molar-refractivity contribution in [3.05, 3.63) is 44.9 Å². The fourth-order valence-electron chi connectivity index (χ4n) is 2.38. The number of hydrogen-bond donors (Lipinski definition) is 0. The zero-order chi connectivity index (χ0) is 14.8. The molecule has 1 aliphatic rings. The Kier molecular flexibility index (Phi) is 3.94. The molecule has 0 saturated carbocycles. The summed E-state index contributed by atoms with van der Waals surface area (Å²) in [6, 6.07) is 4.62. The molecule has 3 rings (SSSR count). The van der Waals surface area contributed by atoms with Gasteiger partial charge in [0.2, 0.25) is 0 Å². The van der Waals surface area contributed by atoms with E-state index in [2.05, 4.69) is 14.8 Å². The van der Waals surface area contributed by atoms with Crippen molar-refractivity contribution < 1.29 is 4.92 Å². The standard InChI is InChI=1S/C13H13ClN4O2S/c14-11-9-10(18(19)20)1-2-12(11)16-4-6-17(7-5-16)13-15-3-8-21-13/h1-3,8-9H,4-7H2. The van der Waals surface area contributed by atoms with Gasteiger partial charge in [-0.05, 0) is 6.07 Å². The van der Waals surface area contributed by atoms with Crippen LogP contribution in [-0.2, 0) is 0 Å². The molecule has 0 atom stereocenters. The molecular weight excluding hydrogens is 312 g/mol. The van der Waals surface area contributed by atoms with Gasteiger partial charge in [-0.3, -0.25) is 10.1 Å². The van der Waals surface area contributed by atoms with Crippen LogP contribution in [0.5, 0.6) is 0 Å². The third-order valence-corrected chi connectivity index (χ3v) is 4.59. The van der Waals surface area contributed by atoms with E-state index in [9.17, 15) is 10.1 Å². The van der Waals surface area contributed by atoms with Crippen LogP contribution >= 0.6 is 22.9 Å². The number of thiazole rings is 1. The van der Waals surface area contributed by atoms with Crippen LogP contribution in [0.2, 0.25) is 5.02 Å². The largest absolute Gasteiger partial charge is 0.367 e. The second-order valence-electron chi connectivity index (χ2n) is 4.68. The average Bonchev–Trinajstić information content (AvgIpc) is 3.01. The number of anilines is 2. The van der Waals surface area contributed by atoms with Crippen LogP contribution in [-0.4, -0.2) is 36.1 Å². The minimum Gasteiger partial charge on any atom is -0.367 e. The first-order valence-corrected chi connectivity index (χ1v) is 7.74. The first-order valence-electron chi connectivity index (χ1n) is 6.48. The van der Waals surface area contributed by atoms with Crippen LogP contribution in [0, 0.1) is 10.1 Å². The van der Waals surface area contributed by atoms with Gasteiger partial charge in [0.15, 0.2) is 5.13 Å². The number of piperazine rings is 1. The van der Waals surface area contributed by atoms with Crippen LogP contribution in [0.1, 0.15) is 0 Å². The number of benzene rings is 1. The van der Waals surface area contributed by atoms with E-state index in [1.54, 1.807) is 23.6 Å². The summed E-state index contributed by atoms with van der Waals surface area (Å²) >= 11 is 7.80. The molecule has 0 spiro atoms. The Bertz CT molecular complexity index is 642. The summed E-state index contributed by atoms with van der Waals surface area (Å²) in [6.45, 7) is 3.36. The molecule has 6 nitrogen and oxygen atoms in total. The molecule has 0 unspecified atom stereocenters. The molecule has 0 amide bonds. The second kappa shape index (κ2) is 5.87. The molecule has 1 aromatic heterocycles.